The van der Waals surface area contributed by atoms with Crippen molar-refractivity contribution >= 4 is 40.9 Å². The molecule has 34 heavy (non-hydrogen) atoms. The van der Waals surface area contributed by atoms with E-state index in [-0.39, 0.29) is 28.9 Å². The second-order valence-electron chi connectivity index (χ2n) is 7.75. The first-order valence-electron chi connectivity index (χ1n) is 10.5. The van der Waals surface area contributed by atoms with Crippen molar-refractivity contribution in [2.75, 3.05) is 10.6 Å². The molecule has 1 aliphatic carbocycles. The summed E-state index contributed by atoms with van der Waals surface area (Å²) >= 11 is 6.00. The van der Waals surface area contributed by atoms with Gasteiger partial charge in [-0.25, -0.2) is 0 Å². The molecule has 3 N–H and O–H groups in total. The second-order valence-corrected chi connectivity index (χ2v) is 8.16. The standard InChI is InChI=1S/C23H20ClN5O5/c24-19-11-16(4-1-14(19)12-25)27-23-29-28-21(34-23)20(30)26-15-5-9-18(10-6-15)33-17-7-2-13(3-8-17)22(31)32/h1,4-6,9-11,13,17H,2-3,7-8H2,(H,26,30)(H,27,29)(H,31,32). The maximum Gasteiger partial charge on any atom is 0.320 e. The maximum atomic E-state index is 12.4. The zero-order valence-corrected chi connectivity index (χ0v) is 18.6. The number of carbonyl (C=O) groups excluding carboxylic acids is 1. The molecule has 0 atom stereocenters. The SMILES string of the molecule is N#Cc1ccc(Nc2nnc(C(=O)Nc3ccc(OC4CCC(C(=O)O)CC4)cc3)o2)cc1Cl. The first kappa shape index (κ1) is 23.1. The maximum absolute atomic E-state index is 12.4. The number of hydrogen-bond donors (Lipinski definition) is 3. The average Bonchev–Trinajstić information content (AvgIpc) is 3.29. The highest BCUT2D eigenvalue weighted by molar-refractivity contribution is 6.32. The highest BCUT2D eigenvalue weighted by Crippen LogP contribution is 2.28. The quantitative estimate of drug-likeness (QED) is 0.439. The molecule has 0 unspecified atom stereocenters. The average molecular weight is 482 g/mol. The van der Waals surface area contributed by atoms with Crippen LogP contribution in [0.5, 0.6) is 5.75 Å². The molecule has 1 saturated carbocycles. The predicted octanol–water partition coefficient (Wildman–Crippen LogP) is 4.61. The molecule has 1 heterocycles. The minimum atomic E-state index is -0.749. The van der Waals surface area contributed by atoms with Crippen LogP contribution in [0, 0.1) is 17.2 Å². The van der Waals surface area contributed by atoms with Crippen LogP contribution in [0.2, 0.25) is 5.02 Å². The Morgan fingerprint density at radius 3 is 2.44 bits per heavy atom. The fourth-order valence-electron chi connectivity index (χ4n) is 3.59. The minimum Gasteiger partial charge on any atom is -0.490 e. The third-order valence-corrected chi connectivity index (χ3v) is 5.71. The van der Waals surface area contributed by atoms with E-state index in [9.17, 15) is 9.59 Å². The van der Waals surface area contributed by atoms with Gasteiger partial charge in [0.1, 0.15) is 11.8 Å². The highest BCUT2D eigenvalue weighted by atomic mass is 35.5. The van der Waals surface area contributed by atoms with Gasteiger partial charge in [-0.3, -0.25) is 9.59 Å². The number of carbonyl (C=O) groups is 2. The molecule has 3 aromatic rings. The zero-order valence-electron chi connectivity index (χ0n) is 17.8. The van der Waals surface area contributed by atoms with Crippen LogP contribution in [0.1, 0.15) is 41.9 Å². The van der Waals surface area contributed by atoms with E-state index in [1.54, 1.807) is 36.4 Å². The molecule has 0 radical (unpaired) electrons. The number of nitrogens with one attached hydrogen (secondary N) is 2. The summed E-state index contributed by atoms with van der Waals surface area (Å²) in [6, 6.07) is 13.5. The summed E-state index contributed by atoms with van der Waals surface area (Å²) < 4.78 is 11.3. The lowest BCUT2D eigenvalue weighted by Gasteiger charge is -2.26. The molecule has 0 saturated heterocycles. The van der Waals surface area contributed by atoms with E-state index >= 15 is 0 Å². The number of nitrogens with zero attached hydrogens (tertiary/aromatic N) is 3. The third-order valence-electron chi connectivity index (χ3n) is 5.40. The van der Waals surface area contributed by atoms with E-state index in [2.05, 4.69) is 20.8 Å². The molecule has 0 bridgehead atoms. The van der Waals surface area contributed by atoms with E-state index in [1.807, 2.05) is 6.07 Å². The lowest BCUT2D eigenvalue weighted by atomic mass is 9.87. The molecular weight excluding hydrogens is 462 g/mol. The molecule has 11 heteroatoms. The van der Waals surface area contributed by atoms with Gasteiger partial charge >= 0.3 is 23.8 Å². The van der Waals surface area contributed by atoms with Crippen LogP contribution in [0.15, 0.2) is 46.9 Å². The van der Waals surface area contributed by atoms with Crippen molar-refractivity contribution in [1.82, 2.24) is 10.2 Å². The number of aromatic nitrogens is 2. The monoisotopic (exact) mass is 481 g/mol. The summed E-state index contributed by atoms with van der Waals surface area (Å²) in [5.41, 5.74) is 1.37. The number of nitriles is 1. The molecule has 1 aromatic heterocycles. The molecular formula is C23H20ClN5O5. The number of rotatable bonds is 7. The lowest BCUT2D eigenvalue weighted by molar-refractivity contribution is -0.143. The van der Waals surface area contributed by atoms with Crippen LogP contribution in [-0.4, -0.2) is 33.3 Å². The van der Waals surface area contributed by atoms with E-state index < -0.39 is 11.9 Å². The molecule has 1 aliphatic rings. The third kappa shape index (κ3) is 5.63. The van der Waals surface area contributed by atoms with Gasteiger partial charge < -0.3 is 24.9 Å². The van der Waals surface area contributed by atoms with Crippen molar-refractivity contribution in [3.05, 3.63) is 58.9 Å². The van der Waals surface area contributed by atoms with Crippen LogP contribution in [0.25, 0.3) is 0 Å². The lowest BCUT2D eigenvalue weighted by Crippen LogP contribution is -2.27. The van der Waals surface area contributed by atoms with E-state index in [1.165, 1.54) is 6.07 Å². The Balaban J connectivity index is 1.30. The van der Waals surface area contributed by atoms with Crippen LogP contribution in [0.3, 0.4) is 0 Å². The van der Waals surface area contributed by atoms with Crippen LogP contribution >= 0.6 is 11.6 Å². The van der Waals surface area contributed by atoms with Gasteiger partial charge in [0, 0.05) is 11.4 Å². The predicted molar refractivity (Wildman–Crippen MR) is 122 cm³/mol. The molecule has 174 valence electrons. The highest BCUT2D eigenvalue weighted by Gasteiger charge is 2.27. The molecule has 0 spiro atoms. The van der Waals surface area contributed by atoms with Crippen LogP contribution in [-0.2, 0) is 4.79 Å². The molecule has 0 aliphatic heterocycles. The topological polar surface area (TPSA) is 150 Å². The van der Waals surface area contributed by atoms with Gasteiger partial charge in [0.05, 0.1) is 22.6 Å². The second kappa shape index (κ2) is 10.2. The Labute approximate surface area is 199 Å². The Morgan fingerprint density at radius 2 is 1.79 bits per heavy atom. The van der Waals surface area contributed by atoms with Gasteiger partial charge in [-0.05, 0) is 68.1 Å². The normalized spacial score (nSPS) is 17.4. The molecule has 10 nitrogen and oxygen atoms in total. The van der Waals surface area contributed by atoms with Crippen molar-refractivity contribution in [3.8, 4) is 11.8 Å². The number of carboxylic acid groups (broad SMARTS) is 1. The molecule has 1 amide bonds. The Morgan fingerprint density at radius 1 is 1.09 bits per heavy atom. The summed E-state index contributed by atoms with van der Waals surface area (Å²) in [5.74, 6) is -1.22. The van der Waals surface area contributed by atoms with Gasteiger partial charge in [-0.15, -0.1) is 5.10 Å². The fourth-order valence-corrected chi connectivity index (χ4v) is 3.82. The minimum absolute atomic E-state index is 0.00714. The number of halogens is 1. The number of carboxylic acids is 1. The first-order valence-corrected chi connectivity index (χ1v) is 10.9. The smallest absolute Gasteiger partial charge is 0.320 e. The van der Waals surface area contributed by atoms with Crippen LogP contribution in [0.4, 0.5) is 17.4 Å². The van der Waals surface area contributed by atoms with Crippen molar-refractivity contribution in [2.24, 2.45) is 5.92 Å². The van der Waals surface area contributed by atoms with Crippen LogP contribution < -0.4 is 15.4 Å². The van der Waals surface area contributed by atoms with Gasteiger partial charge in [-0.1, -0.05) is 16.7 Å². The molecule has 1 fully saturated rings. The van der Waals surface area contributed by atoms with Crippen molar-refractivity contribution in [2.45, 2.75) is 31.8 Å². The number of aliphatic carboxylic acids is 1. The Bertz CT molecular complexity index is 1230. The number of benzene rings is 2. The summed E-state index contributed by atoms with van der Waals surface area (Å²) in [5, 5.41) is 31.3. The van der Waals surface area contributed by atoms with E-state index in [0.717, 1.165) is 0 Å². The van der Waals surface area contributed by atoms with E-state index in [0.29, 0.717) is 48.4 Å². The zero-order chi connectivity index (χ0) is 24.1. The first-order chi connectivity index (χ1) is 16.4. The van der Waals surface area contributed by atoms with Crippen molar-refractivity contribution < 1.29 is 23.8 Å². The summed E-state index contributed by atoms with van der Waals surface area (Å²) in [4.78, 5) is 23.5. The fraction of sp³-hybridized carbons (Fsp3) is 0.261. The van der Waals surface area contributed by atoms with Gasteiger partial charge in [0.15, 0.2) is 0 Å². The van der Waals surface area contributed by atoms with Gasteiger partial charge in [0.2, 0.25) is 0 Å². The van der Waals surface area contributed by atoms with Gasteiger partial charge in [0.25, 0.3) is 0 Å². The van der Waals surface area contributed by atoms with Crippen molar-refractivity contribution in [1.29, 1.82) is 5.26 Å². The summed E-state index contributed by atoms with van der Waals surface area (Å²) in [6.45, 7) is 0. The Kier molecular flexibility index (Phi) is 6.94. The van der Waals surface area contributed by atoms with Gasteiger partial charge in [-0.2, -0.15) is 5.26 Å². The molecule has 2 aromatic carbocycles. The largest absolute Gasteiger partial charge is 0.490 e. The number of ether oxygens (including phenoxy) is 1. The number of amides is 1. The Hall–Kier alpha value is -4.10. The summed E-state index contributed by atoms with van der Waals surface area (Å²) in [7, 11) is 0. The molecule has 4 rings (SSSR count). The van der Waals surface area contributed by atoms with E-state index in [4.69, 9.17) is 31.1 Å². The summed E-state index contributed by atoms with van der Waals surface area (Å²) in [6.07, 6.45) is 2.57. The number of anilines is 3. The number of hydrogen-bond acceptors (Lipinski definition) is 8. The van der Waals surface area contributed by atoms with Crippen molar-refractivity contribution in [3.63, 3.8) is 0 Å².